The molecule has 9 N–H and O–H groups in total. The van der Waals surface area contributed by atoms with Crippen LogP contribution in [0.2, 0.25) is 0 Å². The van der Waals surface area contributed by atoms with E-state index in [1.54, 1.807) is 14.7 Å². The van der Waals surface area contributed by atoms with Crippen LogP contribution in [0.5, 0.6) is 0 Å². The van der Waals surface area contributed by atoms with Gasteiger partial charge in [-0.15, -0.1) is 0 Å². The second-order valence-corrected chi connectivity index (χ2v) is 27.5. The van der Waals surface area contributed by atoms with Gasteiger partial charge in [-0.25, -0.2) is 27.6 Å². The lowest BCUT2D eigenvalue weighted by molar-refractivity contribution is 0.0214. The number of aromatic nitrogens is 6. The van der Waals surface area contributed by atoms with Crippen molar-refractivity contribution >= 4 is 70.5 Å². The molecule has 3 amide bonds. The summed E-state index contributed by atoms with van der Waals surface area (Å²) in [4.78, 5) is 82.2. The van der Waals surface area contributed by atoms with Crippen molar-refractivity contribution in [2.24, 2.45) is 0 Å². The molecule has 498 valence electrons. The molecule has 27 heteroatoms. The van der Waals surface area contributed by atoms with Crippen molar-refractivity contribution in [2.75, 3.05) is 72.4 Å². The number of halogens is 3. The predicted molar refractivity (Wildman–Crippen MR) is 344 cm³/mol. The Kier molecular flexibility index (Phi) is 18.4. The molecule has 2 unspecified atom stereocenters. The molecule has 3 aromatic heterocycles. The number of aryl methyl sites for hydroxylation is 3. The number of benzene rings is 3. The molecule has 0 bridgehead atoms. The summed E-state index contributed by atoms with van der Waals surface area (Å²) in [5.74, 6) is -2.96. The zero-order valence-corrected chi connectivity index (χ0v) is 54.9. The number of hydrogen-bond donors (Lipinski definition) is 6. The number of amides is 3. The first-order valence-corrected chi connectivity index (χ1v) is 31.4. The van der Waals surface area contributed by atoms with Gasteiger partial charge in [0, 0.05) is 92.3 Å². The first kappa shape index (κ1) is 66.6. The van der Waals surface area contributed by atoms with Crippen LogP contribution < -0.4 is 33.2 Å². The molecule has 6 aliphatic rings. The van der Waals surface area contributed by atoms with Crippen LogP contribution in [0.15, 0.2) is 36.4 Å². The van der Waals surface area contributed by atoms with Crippen LogP contribution in [-0.2, 0) is 53.1 Å². The molecule has 0 saturated heterocycles. The molecule has 12 rings (SSSR count). The van der Waals surface area contributed by atoms with Crippen LogP contribution in [0.4, 0.5) is 62.1 Å². The Balaban J connectivity index is 0.000000153. The van der Waals surface area contributed by atoms with E-state index < -0.39 is 52.8 Å². The number of carbonyl (C=O) groups is 6. The van der Waals surface area contributed by atoms with E-state index in [2.05, 4.69) is 31.2 Å². The van der Waals surface area contributed by atoms with E-state index >= 15 is 0 Å². The summed E-state index contributed by atoms with van der Waals surface area (Å²) in [5, 5.41) is 23.2. The molecule has 93 heavy (non-hydrogen) atoms. The topological polar surface area (TPSA) is 307 Å². The van der Waals surface area contributed by atoms with Crippen molar-refractivity contribution in [3.63, 3.8) is 0 Å². The molecule has 6 aromatic rings. The molecular formula is C66H84F3N15O9. The Morgan fingerprint density at radius 2 is 0.688 bits per heavy atom. The molecule has 0 aliphatic carbocycles. The molecule has 6 aliphatic heterocycles. The molecule has 0 saturated carbocycles. The van der Waals surface area contributed by atoms with Gasteiger partial charge in [-0.1, -0.05) is 0 Å². The van der Waals surface area contributed by atoms with Gasteiger partial charge in [-0.05, 0) is 172 Å². The fraction of sp³-hybridized carbons (Fsp3) is 0.500. The van der Waals surface area contributed by atoms with E-state index in [1.807, 2.05) is 83.1 Å². The highest BCUT2D eigenvalue weighted by atomic mass is 19.1. The summed E-state index contributed by atoms with van der Waals surface area (Å²) in [7, 11) is 0. The highest BCUT2D eigenvalue weighted by Gasteiger charge is 2.39. The third-order valence-corrected chi connectivity index (χ3v) is 17.0. The first-order chi connectivity index (χ1) is 43.6. The van der Waals surface area contributed by atoms with E-state index in [4.69, 9.17) is 31.4 Å². The third-order valence-electron chi connectivity index (χ3n) is 17.0. The largest absolute Gasteiger partial charge is 0.444 e. The zero-order chi connectivity index (χ0) is 67.5. The predicted octanol–water partition coefficient (Wildman–Crippen LogP) is 10.3. The quantitative estimate of drug-likeness (QED) is 0.0897. The number of fused-ring (bicyclic) bond motifs is 6. The Morgan fingerprint density at radius 1 is 0.441 bits per heavy atom. The van der Waals surface area contributed by atoms with Gasteiger partial charge in [0.2, 0.25) is 0 Å². The fourth-order valence-corrected chi connectivity index (χ4v) is 12.7. The SMILES string of the molecule is Cc1cc(F)cc2c1NCCC2C(=O)n1nc2c(c1N)CN(C(=O)OC(C)(C)C)CC2.Cc1cc(F)cc2c1NCCC2C(=O)n1nc2c(c1N)CN(C(=O)OC(C)(C)C)CC2.Cc1cc(F)cc2c1NCC[C@@H]2C(=O)n1nc2c(c1N)CN(C(=O)OC(C)(C)C)CC2. The first-order valence-electron chi connectivity index (χ1n) is 31.4. The molecule has 9 heterocycles. The molecular weight excluding hydrogens is 1200 g/mol. The minimum absolute atomic E-state index is 0.224. The Labute approximate surface area is 538 Å². The van der Waals surface area contributed by atoms with Gasteiger partial charge < -0.3 is 62.1 Å². The lowest BCUT2D eigenvalue weighted by atomic mass is 9.88. The number of anilines is 6. The maximum absolute atomic E-state index is 14.1. The normalized spacial score (nSPS) is 18.1. The highest BCUT2D eigenvalue weighted by molar-refractivity contribution is 5.93. The van der Waals surface area contributed by atoms with Gasteiger partial charge in [0.15, 0.2) is 0 Å². The second kappa shape index (κ2) is 25.7. The monoisotopic (exact) mass is 1290 g/mol. The Bertz CT molecular complexity index is 3570. The molecule has 3 atom stereocenters. The van der Waals surface area contributed by atoms with Gasteiger partial charge in [-0.2, -0.15) is 29.3 Å². The van der Waals surface area contributed by atoms with E-state index in [0.29, 0.717) is 128 Å². The number of nitrogens with two attached hydrogens (primary N) is 3. The summed E-state index contributed by atoms with van der Waals surface area (Å²) in [6.07, 6.45) is 1.73. The summed E-state index contributed by atoms with van der Waals surface area (Å²) < 4.78 is 62.2. The van der Waals surface area contributed by atoms with Crippen molar-refractivity contribution in [1.82, 2.24) is 44.0 Å². The number of nitrogens with zero attached hydrogens (tertiary/aromatic N) is 9. The lowest BCUT2D eigenvalue weighted by Crippen LogP contribution is -2.39. The van der Waals surface area contributed by atoms with Crippen molar-refractivity contribution in [1.29, 1.82) is 0 Å². The average molecular weight is 1290 g/mol. The van der Waals surface area contributed by atoms with Crippen LogP contribution >= 0.6 is 0 Å². The summed E-state index contributed by atoms with van der Waals surface area (Å²) in [6, 6.07) is 8.56. The molecule has 24 nitrogen and oxygen atoms in total. The summed E-state index contributed by atoms with van der Waals surface area (Å²) in [5.41, 5.74) is 27.7. The van der Waals surface area contributed by atoms with Crippen molar-refractivity contribution < 1.29 is 56.1 Å². The van der Waals surface area contributed by atoms with Crippen LogP contribution in [0.1, 0.15) is 181 Å². The van der Waals surface area contributed by atoms with E-state index in [9.17, 15) is 41.9 Å². The second-order valence-electron chi connectivity index (χ2n) is 27.5. The zero-order valence-electron chi connectivity index (χ0n) is 54.9. The lowest BCUT2D eigenvalue weighted by Gasteiger charge is -2.29. The number of carbonyl (C=O) groups excluding carboxylic acids is 6. The molecule has 0 radical (unpaired) electrons. The summed E-state index contributed by atoms with van der Waals surface area (Å²) >= 11 is 0. The molecule has 0 spiro atoms. The number of ether oxygens (including phenoxy) is 3. The van der Waals surface area contributed by atoms with E-state index in [0.717, 1.165) is 33.8 Å². The highest BCUT2D eigenvalue weighted by Crippen LogP contribution is 2.41. The van der Waals surface area contributed by atoms with Crippen molar-refractivity contribution in [2.45, 2.75) is 176 Å². The van der Waals surface area contributed by atoms with Crippen LogP contribution in [-0.4, -0.2) is 136 Å². The minimum atomic E-state index is -0.598. The number of nitrogens with one attached hydrogen (secondary N) is 3. The van der Waals surface area contributed by atoms with Crippen LogP contribution in [0.3, 0.4) is 0 Å². The number of rotatable bonds is 3. The van der Waals surface area contributed by atoms with Gasteiger partial charge in [0.05, 0.1) is 54.5 Å². The Hall–Kier alpha value is -9.30. The molecule has 0 fully saturated rings. The van der Waals surface area contributed by atoms with Crippen LogP contribution in [0.25, 0.3) is 0 Å². The smallest absolute Gasteiger partial charge is 0.410 e. The van der Waals surface area contributed by atoms with E-state index in [1.165, 1.54) is 50.4 Å². The van der Waals surface area contributed by atoms with Crippen molar-refractivity contribution in [3.8, 4) is 0 Å². The standard InChI is InChI=1S/3C22H28FN5O3/c3*1-12-9-13(23)10-15-14(5-7-25-18(12)15)20(29)28-19(24)16-11-27(8-6-17(16)26-28)21(30)31-22(2,3)4/h3*9-10,14,25H,5-8,11,24H2,1-4H3/t14-;;/m0../s1. The van der Waals surface area contributed by atoms with Gasteiger partial charge in [0.25, 0.3) is 17.7 Å². The van der Waals surface area contributed by atoms with Crippen LogP contribution in [0, 0.1) is 38.2 Å². The van der Waals surface area contributed by atoms with Gasteiger partial charge >= 0.3 is 18.3 Å². The molecule has 3 aromatic carbocycles. The number of nitrogen functional groups attached to an aromatic ring is 3. The number of hydrogen-bond acceptors (Lipinski definition) is 18. The maximum atomic E-state index is 14.1. The fourth-order valence-electron chi connectivity index (χ4n) is 12.7. The maximum Gasteiger partial charge on any atom is 0.410 e. The van der Waals surface area contributed by atoms with Gasteiger partial charge in [0.1, 0.15) is 51.7 Å². The average Bonchev–Trinajstić information content (AvgIpc) is 1.73. The minimum Gasteiger partial charge on any atom is -0.444 e. The van der Waals surface area contributed by atoms with E-state index in [-0.39, 0.29) is 72.3 Å². The van der Waals surface area contributed by atoms with Gasteiger partial charge in [-0.3, -0.25) is 14.4 Å². The van der Waals surface area contributed by atoms with Crippen molar-refractivity contribution in [3.05, 3.63) is 121 Å². The Morgan fingerprint density at radius 3 is 0.925 bits per heavy atom. The third kappa shape index (κ3) is 14.2. The summed E-state index contributed by atoms with van der Waals surface area (Å²) in [6.45, 7) is 25.6.